The average molecular weight is 470 g/mol. The molecule has 2 bridgehead atoms. The van der Waals surface area contributed by atoms with Crippen molar-refractivity contribution in [3.05, 3.63) is 107 Å². The maximum atomic E-state index is 13.3. The van der Waals surface area contributed by atoms with Gasteiger partial charge < -0.3 is 9.47 Å². The van der Waals surface area contributed by atoms with Gasteiger partial charge in [-0.2, -0.15) is 0 Å². The third-order valence-electron chi connectivity index (χ3n) is 7.47. The Labute approximate surface area is 205 Å². The van der Waals surface area contributed by atoms with E-state index in [2.05, 4.69) is 42.5 Å². The Bertz CT molecular complexity index is 1220. The predicted molar refractivity (Wildman–Crippen MR) is 133 cm³/mol. The Kier molecular flexibility index (Phi) is 5.86. The molecule has 3 aromatic carbocycles. The number of rotatable bonds is 5. The molecule has 35 heavy (non-hydrogen) atoms. The Balaban J connectivity index is 1.14. The topological polar surface area (TPSA) is 38.8 Å². The van der Waals surface area contributed by atoms with Crippen molar-refractivity contribution in [2.45, 2.75) is 37.3 Å². The van der Waals surface area contributed by atoms with Crippen LogP contribution in [0.4, 0.5) is 9.18 Å². The fourth-order valence-electron chi connectivity index (χ4n) is 5.78. The van der Waals surface area contributed by atoms with E-state index in [-0.39, 0.29) is 29.9 Å². The predicted octanol–water partition coefficient (Wildman–Crippen LogP) is 6.11. The van der Waals surface area contributed by atoms with Crippen molar-refractivity contribution in [3.63, 3.8) is 0 Å². The summed E-state index contributed by atoms with van der Waals surface area (Å²) in [5.74, 6) is -0.162. The SMILES string of the molecule is O=C(OCC1c2ccccc2-c2ccccc21)N1C2C=C(CCc3ccc(F)cc3)CC1COC2. The van der Waals surface area contributed by atoms with Crippen LogP contribution in [0.25, 0.3) is 11.1 Å². The van der Waals surface area contributed by atoms with Crippen LogP contribution >= 0.6 is 0 Å². The summed E-state index contributed by atoms with van der Waals surface area (Å²) in [7, 11) is 0. The summed E-state index contributed by atoms with van der Waals surface area (Å²) in [6.45, 7) is 1.33. The number of ether oxygens (including phenoxy) is 2. The first-order valence-electron chi connectivity index (χ1n) is 12.3. The minimum Gasteiger partial charge on any atom is -0.448 e. The molecule has 0 aromatic heterocycles. The van der Waals surface area contributed by atoms with E-state index < -0.39 is 0 Å². The van der Waals surface area contributed by atoms with Gasteiger partial charge in [-0.1, -0.05) is 72.3 Å². The second-order valence-corrected chi connectivity index (χ2v) is 9.63. The number of carbonyl (C=O) groups is 1. The summed E-state index contributed by atoms with van der Waals surface area (Å²) in [5.41, 5.74) is 7.32. The van der Waals surface area contributed by atoms with E-state index in [9.17, 15) is 9.18 Å². The summed E-state index contributed by atoms with van der Waals surface area (Å²) in [6.07, 6.45) is 4.44. The molecule has 3 aromatic rings. The summed E-state index contributed by atoms with van der Waals surface area (Å²) in [5, 5.41) is 0. The highest BCUT2D eigenvalue weighted by molar-refractivity contribution is 5.79. The zero-order chi connectivity index (χ0) is 23.8. The van der Waals surface area contributed by atoms with Gasteiger partial charge in [0.1, 0.15) is 12.4 Å². The van der Waals surface area contributed by atoms with E-state index in [0.29, 0.717) is 19.8 Å². The number of fused-ring (bicyclic) bond motifs is 5. The van der Waals surface area contributed by atoms with Gasteiger partial charge in [-0.05, 0) is 59.2 Å². The van der Waals surface area contributed by atoms with Crippen LogP contribution in [0.1, 0.15) is 35.4 Å². The fraction of sp³-hybridized carbons (Fsp3) is 0.300. The van der Waals surface area contributed by atoms with Crippen LogP contribution in [0.2, 0.25) is 0 Å². The van der Waals surface area contributed by atoms with Gasteiger partial charge in [0.25, 0.3) is 0 Å². The minimum absolute atomic E-state index is 0.0161. The molecule has 1 amide bonds. The highest BCUT2D eigenvalue weighted by Crippen LogP contribution is 2.44. The zero-order valence-corrected chi connectivity index (χ0v) is 19.5. The van der Waals surface area contributed by atoms with E-state index in [0.717, 1.165) is 24.8 Å². The molecule has 0 radical (unpaired) electrons. The van der Waals surface area contributed by atoms with Crippen LogP contribution in [-0.4, -0.2) is 42.9 Å². The molecule has 2 heterocycles. The second-order valence-electron chi connectivity index (χ2n) is 9.63. The number of hydrogen-bond acceptors (Lipinski definition) is 3. The average Bonchev–Trinajstić information content (AvgIpc) is 3.20. The van der Waals surface area contributed by atoms with Crippen LogP contribution in [-0.2, 0) is 15.9 Å². The van der Waals surface area contributed by atoms with Gasteiger partial charge in [-0.25, -0.2) is 9.18 Å². The fourth-order valence-corrected chi connectivity index (χ4v) is 5.78. The molecule has 0 spiro atoms. The van der Waals surface area contributed by atoms with E-state index >= 15 is 0 Å². The molecule has 1 saturated heterocycles. The molecule has 0 saturated carbocycles. The Morgan fingerprint density at radius 2 is 1.60 bits per heavy atom. The standard InChI is InChI=1S/C30H28FNO3/c31-22-13-11-20(12-14-22)9-10-21-15-23-17-34-18-24(16-21)32(23)30(33)35-19-29-27-7-3-1-5-25(27)26-6-2-4-8-28(26)29/h1-8,11-15,23-24,29H,9-10,16-19H2. The first-order chi connectivity index (χ1) is 17.2. The van der Waals surface area contributed by atoms with Gasteiger partial charge in [-0.15, -0.1) is 0 Å². The van der Waals surface area contributed by atoms with Crippen molar-refractivity contribution in [1.29, 1.82) is 0 Å². The quantitative estimate of drug-likeness (QED) is 0.424. The maximum Gasteiger partial charge on any atom is 0.410 e. The normalized spacial score (nSPS) is 20.7. The monoisotopic (exact) mass is 469 g/mol. The molecule has 2 atom stereocenters. The lowest BCUT2D eigenvalue weighted by molar-refractivity contribution is -0.0365. The molecule has 178 valence electrons. The number of hydrogen-bond donors (Lipinski definition) is 0. The lowest BCUT2D eigenvalue weighted by Crippen LogP contribution is -2.56. The molecule has 2 unspecified atom stereocenters. The Morgan fingerprint density at radius 1 is 0.914 bits per heavy atom. The molecular formula is C30H28FNO3. The summed E-state index contributed by atoms with van der Waals surface area (Å²) in [4.78, 5) is 15.2. The summed E-state index contributed by atoms with van der Waals surface area (Å²) >= 11 is 0. The maximum absolute atomic E-state index is 13.3. The Morgan fingerprint density at radius 3 is 2.29 bits per heavy atom. The van der Waals surface area contributed by atoms with E-state index in [1.165, 1.54) is 40.0 Å². The first-order valence-corrected chi connectivity index (χ1v) is 12.3. The minimum atomic E-state index is -0.265. The number of nitrogens with zero attached hydrogens (tertiary/aromatic N) is 1. The molecular weight excluding hydrogens is 441 g/mol. The van der Waals surface area contributed by atoms with Crippen molar-refractivity contribution in [1.82, 2.24) is 4.90 Å². The second kappa shape index (κ2) is 9.31. The number of carbonyl (C=O) groups excluding carboxylic acids is 1. The first kappa shape index (κ1) is 22.1. The smallest absolute Gasteiger partial charge is 0.410 e. The highest BCUT2D eigenvalue weighted by atomic mass is 19.1. The Hall–Kier alpha value is -3.44. The van der Waals surface area contributed by atoms with E-state index in [4.69, 9.17) is 9.47 Å². The lowest BCUT2D eigenvalue weighted by Gasteiger charge is -2.44. The van der Waals surface area contributed by atoms with Gasteiger partial charge in [-0.3, -0.25) is 4.90 Å². The van der Waals surface area contributed by atoms with E-state index in [1.807, 2.05) is 29.2 Å². The van der Waals surface area contributed by atoms with Crippen molar-refractivity contribution < 1.29 is 18.7 Å². The van der Waals surface area contributed by atoms with Crippen LogP contribution < -0.4 is 0 Å². The number of morpholine rings is 1. The molecule has 0 N–H and O–H groups in total. The van der Waals surface area contributed by atoms with Gasteiger partial charge in [0.2, 0.25) is 0 Å². The summed E-state index contributed by atoms with van der Waals surface area (Å²) in [6, 6.07) is 23.3. The van der Waals surface area contributed by atoms with Crippen LogP contribution in [0.5, 0.6) is 0 Å². The molecule has 6 rings (SSSR count). The third-order valence-corrected chi connectivity index (χ3v) is 7.47. The summed E-state index contributed by atoms with van der Waals surface area (Å²) < 4.78 is 24.9. The van der Waals surface area contributed by atoms with Crippen LogP contribution in [0, 0.1) is 5.82 Å². The molecule has 4 nitrogen and oxygen atoms in total. The molecule has 2 aliphatic heterocycles. The molecule has 3 aliphatic rings. The van der Waals surface area contributed by atoms with Crippen molar-refractivity contribution >= 4 is 6.09 Å². The third kappa shape index (κ3) is 4.25. The number of halogens is 1. The van der Waals surface area contributed by atoms with Crippen molar-refractivity contribution in [3.8, 4) is 11.1 Å². The largest absolute Gasteiger partial charge is 0.448 e. The van der Waals surface area contributed by atoms with E-state index in [1.54, 1.807) is 0 Å². The van der Waals surface area contributed by atoms with Gasteiger partial charge >= 0.3 is 6.09 Å². The number of aryl methyl sites for hydroxylation is 1. The van der Waals surface area contributed by atoms with Crippen LogP contribution in [0.3, 0.4) is 0 Å². The number of benzene rings is 3. The van der Waals surface area contributed by atoms with Gasteiger partial charge in [0, 0.05) is 5.92 Å². The lowest BCUT2D eigenvalue weighted by atomic mass is 9.91. The molecule has 1 aliphatic carbocycles. The van der Waals surface area contributed by atoms with Crippen LogP contribution in [0.15, 0.2) is 84.4 Å². The van der Waals surface area contributed by atoms with Crippen molar-refractivity contribution in [2.75, 3.05) is 19.8 Å². The molecule has 5 heteroatoms. The highest BCUT2D eigenvalue weighted by Gasteiger charge is 2.39. The molecule has 1 fully saturated rings. The van der Waals surface area contributed by atoms with Gasteiger partial charge in [0.05, 0.1) is 25.3 Å². The van der Waals surface area contributed by atoms with Gasteiger partial charge in [0.15, 0.2) is 0 Å². The number of amides is 1. The van der Waals surface area contributed by atoms with Crippen molar-refractivity contribution in [2.24, 2.45) is 0 Å². The zero-order valence-electron chi connectivity index (χ0n) is 19.5.